The average molecular weight is 215 g/mol. The van der Waals surface area contributed by atoms with Crippen LogP contribution in [0.2, 0.25) is 0 Å². The summed E-state index contributed by atoms with van der Waals surface area (Å²) in [4.78, 5) is 2.17. The van der Waals surface area contributed by atoms with Gasteiger partial charge in [0.1, 0.15) is 0 Å². The van der Waals surface area contributed by atoms with Crippen LogP contribution in [0.4, 0.5) is 11.4 Å². The van der Waals surface area contributed by atoms with Gasteiger partial charge in [-0.3, -0.25) is 0 Å². The number of nitrogens with zero attached hydrogens (tertiary/aromatic N) is 1. The molecule has 0 bridgehead atoms. The first-order valence-corrected chi connectivity index (χ1v) is 5.41. The van der Waals surface area contributed by atoms with E-state index in [9.17, 15) is 0 Å². The summed E-state index contributed by atoms with van der Waals surface area (Å²) in [6, 6.07) is 7.88. The van der Waals surface area contributed by atoms with Gasteiger partial charge < -0.3 is 16.4 Å². The molecule has 0 saturated heterocycles. The number of nitrogens with two attached hydrogens (primary N) is 2. The Bertz CT molecular complexity index is 429. The summed E-state index contributed by atoms with van der Waals surface area (Å²) >= 11 is 0. The molecule has 1 aromatic rings. The summed E-state index contributed by atoms with van der Waals surface area (Å²) in [5.41, 5.74) is 15.6. The molecule has 0 atom stereocenters. The lowest BCUT2D eigenvalue weighted by atomic mass is 10.1. The van der Waals surface area contributed by atoms with Crippen LogP contribution in [0.15, 0.2) is 47.8 Å². The van der Waals surface area contributed by atoms with Gasteiger partial charge in [0, 0.05) is 29.8 Å². The van der Waals surface area contributed by atoms with Crippen LogP contribution in [0.25, 0.3) is 0 Å². The lowest BCUT2D eigenvalue weighted by molar-refractivity contribution is 0.850. The van der Waals surface area contributed by atoms with Crippen LogP contribution in [0, 0.1) is 0 Å². The SMILES string of the molecule is CN(C1=CC=C(N)CC1)c1ccc(N)cc1. The van der Waals surface area contributed by atoms with E-state index in [2.05, 4.69) is 18.0 Å². The highest BCUT2D eigenvalue weighted by atomic mass is 15.1. The Kier molecular flexibility index (Phi) is 2.86. The third-order valence-corrected chi connectivity index (χ3v) is 2.87. The molecule has 4 N–H and O–H groups in total. The summed E-state index contributed by atoms with van der Waals surface area (Å²) in [5.74, 6) is 0. The molecule has 0 radical (unpaired) electrons. The van der Waals surface area contributed by atoms with E-state index in [1.165, 1.54) is 5.70 Å². The summed E-state index contributed by atoms with van der Waals surface area (Å²) in [6.45, 7) is 0. The molecule has 2 rings (SSSR count). The molecule has 3 heteroatoms. The number of nitrogen functional groups attached to an aromatic ring is 1. The van der Waals surface area contributed by atoms with Gasteiger partial charge in [-0.2, -0.15) is 0 Å². The fourth-order valence-corrected chi connectivity index (χ4v) is 1.79. The monoisotopic (exact) mass is 215 g/mol. The first-order chi connectivity index (χ1) is 7.66. The van der Waals surface area contributed by atoms with Gasteiger partial charge in [-0.25, -0.2) is 0 Å². The van der Waals surface area contributed by atoms with Crippen molar-refractivity contribution in [1.29, 1.82) is 0 Å². The summed E-state index contributed by atoms with van der Waals surface area (Å²) in [6.07, 6.45) is 5.98. The molecule has 1 aliphatic carbocycles. The van der Waals surface area contributed by atoms with Crippen LogP contribution in [0.5, 0.6) is 0 Å². The van der Waals surface area contributed by atoms with E-state index in [0.29, 0.717) is 0 Å². The molecular formula is C13H17N3. The second kappa shape index (κ2) is 4.31. The molecule has 0 fully saturated rings. The van der Waals surface area contributed by atoms with Crippen molar-refractivity contribution in [3.8, 4) is 0 Å². The predicted molar refractivity (Wildman–Crippen MR) is 68.8 cm³/mol. The number of hydrogen-bond donors (Lipinski definition) is 2. The average Bonchev–Trinajstić information content (AvgIpc) is 2.30. The molecule has 0 amide bonds. The van der Waals surface area contributed by atoms with Gasteiger partial charge in [-0.15, -0.1) is 0 Å². The fraction of sp³-hybridized carbons (Fsp3) is 0.231. The minimum Gasteiger partial charge on any atom is -0.402 e. The standard InChI is InChI=1S/C13H17N3/c1-16(12-6-2-10(14)3-7-12)13-8-4-11(15)5-9-13/h2-4,6-8H,5,9,14-15H2,1H3. The number of benzene rings is 1. The van der Waals surface area contributed by atoms with E-state index in [1.54, 1.807) is 0 Å². The molecule has 0 spiro atoms. The smallest absolute Gasteiger partial charge is 0.0407 e. The van der Waals surface area contributed by atoms with Gasteiger partial charge in [0.2, 0.25) is 0 Å². The van der Waals surface area contributed by atoms with Crippen LogP contribution in [-0.4, -0.2) is 7.05 Å². The highest BCUT2D eigenvalue weighted by Gasteiger charge is 2.09. The van der Waals surface area contributed by atoms with Gasteiger partial charge in [0.05, 0.1) is 0 Å². The number of anilines is 2. The van der Waals surface area contributed by atoms with E-state index in [-0.39, 0.29) is 0 Å². The van der Waals surface area contributed by atoms with E-state index < -0.39 is 0 Å². The van der Waals surface area contributed by atoms with Crippen molar-refractivity contribution < 1.29 is 0 Å². The zero-order chi connectivity index (χ0) is 11.5. The molecule has 0 aliphatic heterocycles. The number of allylic oxidation sites excluding steroid dienone is 4. The van der Waals surface area contributed by atoms with E-state index in [0.717, 1.165) is 29.9 Å². The maximum atomic E-state index is 5.74. The quantitative estimate of drug-likeness (QED) is 0.744. The summed E-state index contributed by atoms with van der Waals surface area (Å²) in [7, 11) is 2.06. The van der Waals surface area contributed by atoms with Gasteiger partial charge in [0.15, 0.2) is 0 Å². The maximum Gasteiger partial charge on any atom is 0.0407 e. The number of hydrogen-bond acceptors (Lipinski definition) is 3. The molecule has 3 nitrogen and oxygen atoms in total. The third-order valence-electron chi connectivity index (χ3n) is 2.87. The predicted octanol–water partition coefficient (Wildman–Crippen LogP) is 2.23. The lowest BCUT2D eigenvalue weighted by Gasteiger charge is -2.24. The summed E-state index contributed by atoms with van der Waals surface area (Å²) < 4.78 is 0. The van der Waals surface area contributed by atoms with Gasteiger partial charge >= 0.3 is 0 Å². The second-order valence-corrected chi connectivity index (χ2v) is 4.05. The van der Waals surface area contributed by atoms with Gasteiger partial charge in [0.25, 0.3) is 0 Å². The van der Waals surface area contributed by atoms with Crippen molar-refractivity contribution in [1.82, 2.24) is 0 Å². The Morgan fingerprint density at radius 3 is 2.25 bits per heavy atom. The number of rotatable bonds is 2. The van der Waals surface area contributed by atoms with Gasteiger partial charge in [-0.05, 0) is 49.3 Å². The Morgan fingerprint density at radius 2 is 1.69 bits per heavy atom. The summed E-state index contributed by atoms with van der Waals surface area (Å²) in [5, 5.41) is 0. The zero-order valence-electron chi connectivity index (χ0n) is 9.48. The first kappa shape index (κ1) is 10.6. The molecule has 0 unspecified atom stereocenters. The molecule has 0 saturated carbocycles. The second-order valence-electron chi connectivity index (χ2n) is 4.05. The Morgan fingerprint density at radius 1 is 1.00 bits per heavy atom. The largest absolute Gasteiger partial charge is 0.402 e. The van der Waals surface area contributed by atoms with Crippen molar-refractivity contribution >= 4 is 11.4 Å². The highest BCUT2D eigenvalue weighted by molar-refractivity contribution is 5.56. The normalized spacial score (nSPS) is 15.3. The Hall–Kier alpha value is -1.90. The van der Waals surface area contributed by atoms with E-state index in [4.69, 9.17) is 11.5 Å². The van der Waals surface area contributed by atoms with Crippen LogP contribution in [0.1, 0.15) is 12.8 Å². The Balaban J connectivity index is 2.19. The molecule has 16 heavy (non-hydrogen) atoms. The van der Waals surface area contributed by atoms with Crippen molar-refractivity contribution in [2.45, 2.75) is 12.8 Å². The molecule has 0 aromatic heterocycles. The zero-order valence-corrected chi connectivity index (χ0v) is 9.48. The molecule has 1 aromatic carbocycles. The van der Waals surface area contributed by atoms with E-state index in [1.807, 2.05) is 30.3 Å². The van der Waals surface area contributed by atoms with Crippen molar-refractivity contribution in [3.63, 3.8) is 0 Å². The van der Waals surface area contributed by atoms with Crippen LogP contribution in [-0.2, 0) is 0 Å². The van der Waals surface area contributed by atoms with Crippen molar-refractivity contribution in [2.24, 2.45) is 5.73 Å². The van der Waals surface area contributed by atoms with Crippen LogP contribution < -0.4 is 16.4 Å². The Labute approximate surface area is 96.0 Å². The van der Waals surface area contributed by atoms with Gasteiger partial charge in [-0.1, -0.05) is 0 Å². The minimum atomic E-state index is 0.791. The van der Waals surface area contributed by atoms with Crippen molar-refractivity contribution in [2.75, 3.05) is 17.7 Å². The lowest BCUT2D eigenvalue weighted by Crippen LogP contribution is -2.18. The maximum absolute atomic E-state index is 5.74. The first-order valence-electron chi connectivity index (χ1n) is 5.41. The highest BCUT2D eigenvalue weighted by Crippen LogP contribution is 2.24. The minimum absolute atomic E-state index is 0.791. The van der Waals surface area contributed by atoms with Crippen LogP contribution in [0.3, 0.4) is 0 Å². The third kappa shape index (κ3) is 2.19. The topological polar surface area (TPSA) is 55.3 Å². The van der Waals surface area contributed by atoms with Crippen molar-refractivity contribution in [3.05, 3.63) is 47.8 Å². The molecule has 84 valence electrons. The molecule has 1 aliphatic rings. The van der Waals surface area contributed by atoms with E-state index >= 15 is 0 Å². The van der Waals surface area contributed by atoms with Crippen LogP contribution >= 0.6 is 0 Å². The fourth-order valence-electron chi connectivity index (χ4n) is 1.79. The molecular weight excluding hydrogens is 198 g/mol. The molecule has 0 heterocycles.